The van der Waals surface area contributed by atoms with Gasteiger partial charge in [-0.1, -0.05) is 23.4 Å². The number of nitro groups is 1. The lowest BCUT2D eigenvalue weighted by molar-refractivity contribution is -0.385. The summed E-state index contributed by atoms with van der Waals surface area (Å²) >= 11 is 0. The Morgan fingerprint density at radius 1 is 1.20 bits per heavy atom. The minimum atomic E-state index is -0.696. The predicted molar refractivity (Wildman–Crippen MR) is 105 cm³/mol. The molecule has 0 saturated carbocycles. The Morgan fingerprint density at radius 2 is 1.93 bits per heavy atom. The largest absolute Gasteiger partial charge is 0.460 e. The number of hydrogen-bond acceptors (Lipinski definition) is 9. The molecule has 0 bridgehead atoms. The Balaban J connectivity index is 1.67. The summed E-state index contributed by atoms with van der Waals surface area (Å²) in [6, 6.07) is 9.81. The number of nitrogens with two attached hydrogens (primary N) is 1. The topological polar surface area (TPSA) is 156 Å². The number of carbonyl (C=O) groups is 2. The summed E-state index contributed by atoms with van der Waals surface area (Å²) in [5.41, 5.74) is 6.54. The number of pyridine rings is 1. The van der Waals surface area contributed by atoms with Gasteiger partial charge in [0.05, 0.1) is 30.1 Å². The maximum absolute atomic E-state index is 11.7. The Bertz CT molecular complexity index is 932. The summed E-state index contributed by atoms with van der Waals surface area (Å²) in [4.78, 5) is 42.0. The van der Waals surface area contributed by atoms with Crippen molar-refractivity contribution in [3.63, 3.8) is 0 Å². The van der Waals surface area contributed by atoms with Crippen molar-refractivity contribution in [3.8, 4) is 0 Å². The summed E-state index contributed by atoms with van der Waals surface area (Å²) in [5, 5.41) is 14.2. The second kappa shape index (κ2) is 11.2. The van der Waals surface area contributed by atoms with Crippen molar-refractivity contribution in [2.75, 3.05) is 19.8 Å². The summed E-state index contributed by atoms with van der Waals surface area (Å²) < 4.78 is 10.2. The first-order chi connectivity index (χ1) is 14.4. The number of benzene rings is 1. The molecule has 0 spiro atoms. The number of aromatic nitrogens is 1. The van der Waals surface area contributed by atoms with Crippen LogP contribution in [0.5, 0.6) is 0 Å². The van der Waals surface area contributed by atoms with Gasteiger partial charge in [0.1, 0.15) is 18.5 Å². The first kappa shape index (κ1) is 22.4. The molecule has 2 N–H and O–H groups in total. The van der Waals surface area contributed by atoms with E-state index in [1.165, 1.54) is 6.07 Å². The molecule has 1 heterocycles. The fraction of sp³-hybridized carbons (Fsp3) is 0.263. The van der Waals surface area contributed by atoms with Crippen LogP contribution in [0.3, 0.4) is 0 Å². The summed E-state index contributed by atoms with van der Waals surface area (Å²) in [7, 11) is 0. The SMILES string of the molecule is Cc1cc([N+](=O)[O-])cnc1C(N)=NOC(=O)CCOCCOC(=O)c1ccccc1. The molecule has 0 unspecified atom stereocenters. The van der Waals surface area contributed by atoms with Gasteiger partial charge in [0.25, 0.3) is 5.69 Å². The molecule has 11 nitrogen and oxygen atoms in total. The average Bonchev–Trinajstić information content (AvgIpc) is 2.74. The molecular weight excluding hydrogens is 396 g/mol. The molecule has 0 aliphatic rings. The van der Waals surface area contributed by atoms with Crippen LogP contribution in [-0.2, 0) is 19.1 Å². The van der Waals surface area contributed by atoms with E-state index in [0.717, 1.165) is 6.20 Å². The average molecular weight is 416 g/mol. The van der Waals surface area contributed by atoms with E-state index >= 15 is 0 Å². The third kappa shape index (κ3) is 6.95. The molecule has 1 aromatic heterocycles. The van der Waals surface area contributed by atoms with Gasteiger partial charge < -0.3 is 20.0 Å². The highest BCUT2D eigenvalue weighted by Crippen LogP contribution is 2.14. The van der Waals surface area contributed by atoms with Crippen LogP contribution in [0.1, 0.15) is 28.0 Å². The molecule has 0 amide bonds. The van der Waals surface area contributed by atoms with Crippen molar-refractivity contribution in [1.29, 1.82) is 0 Å². The molecule has 1 aromatic carbocycles. The van der Waals surface area contributed by atoms with E-state index in [2.05, 4.69) is 15.0 Å². The number of carbonyl (C=O) groups excluding carboxylic acids is 2. The van der Waals surface area contributed by atoms with E-state index in [0.29, 0.717) is 11.1 Å². The van der Waals surface area contributed by atoms with Crippen molar-refractivity contribution in [2.45, 2.75) is 13.3 Å². The molecule has 2 rings (SSSR count). The van der Waals surface area contributed by atoms with Gasteiger partial charge in [-0.2, -0.15) is 0 Å². The van der Waals surface area contributed by atoms with Gasteiger partial charge in [0.15, 0.2) is 5.84 Å². The number of oxime groups is 1. The summed E-state index contributed by atoms with van der Waals surface area (Å²) in [5.74, 6) is -1.35. The van der Waals surface area contributed by atoms with E-state index in [9.17, 15) is 19.7 Å². The Hall–Kier alpha value is -3.86. The zero-order chi connectivity index (χ0) is 21.9. The number of aryl methyl sites for hydroxylation is 1. The number of rotatable bonds is 10. The van der Waals surface area contributed by atoms with Crippen LogP contribution in [0, 0.1) is 17.0 Å². The molecule has 0 fully saturated rings. The van der Waals surface area contributed by atoms with Gasteiger partial charge in [-0.05, 0) is 24.6 Å². The third-order valence-corrected chi connectivity index (χ3v) is 3.68. The number of nitrogens with zero attached hydrogens (tertiary/aromatic N) is 3. The van der Waals surface area contributed by atoms with E-state index < -0.39 is 16.9 Å². The number of amidine groups is 1. The van der Waals surface area contributed by atoms with Crippen LogP contribution in [0.15, 0.2) is 47.8 Å². The Morgan fingerprint density at radius 3 is 2.60 bits per heavy atom. The van der Waals surface area contributed by atoms with E-state index in [1.807, 2.05) is 0 Å². The van der Waals surface area contributed by atoms with Gasteiger partial charge in [-0.15, -0.1) is 0 Å². The first-order valence-corrected chi connectivity index (χ1v) is 8.83. The highest BCUT2D eigenvalue weighted by atomic mass is 16.7. The second-order valence-electron chi connectivity index (χ2n) is 5.92. The molecule has 2 aromatic rings. The van der Waals surface area contributed by atoms with Crippen LogP contribution in [0.25, 0.3) is 0 Å². The number of ether oxygens (including phenoxy) is 2. The molecule has 30 heavy (non-hydrogen) atoms. The van der Waals surface area contributed by atoms with Gasteiger partial charge >= 0.3 is 11.9 Å². The Kier molecular flexibility index (Phi) is 8.39. The lowest BCUT2D eigenvalue weighted by Crippen LogP contribution is -2.19. The zero-order valence-electron chi connectivity index (χ0n) is 16.1. The minimum absolute atomic E-state index is 0.0337. The molecule has 11 heteroatoms. The predicted octanol–water partition coefficient (Wildman–Crippen LogP) is 1.73. The maximum atomic E-state index is 11.7. The van der Waals surface area contributed by atoms with E-state index in [-0.39, 0.29) is 43.5 Å². The number of esters is 1. The zero-order valence-corrected chi connectivity index (χ0v) is 16.1. The van der Waals surface area contributed by atoms with E-state index in [1.54, 1.807) is 37.3 Å². The van der Waals surface area contributed by atoms with Crippen LogP contribution in [-0.4, -0.2) is 47.5 Å². The van der Waals surface area contributed by atoms with Crippen LogP contribution in [0.4, 0.5) is 5.69 Å². The molecule has 158 valence electrons. The lowest BCUT2D eigenvalue weighted by Gasteiger charge is -2.06. The highest BCUT2D eigenvalue weighted by Gasteiger charge is 2.13. The quantitative estimate of drug-likeness (QED) is 0.116. The van der Waals surface area contributed by atoms with Crippen molar-refractivity contribution in [3.05, 3.63) is 69.5 Å². The second-order valence-corrected chi connectivity index (χ2v) is 5.92. The lowest BCUT2D eigenvalue weighted by atomic mass is 10.2. The maximum Gasteiger partial charge on any atom is 0.338 e. The fourth-order valence-corrected chi connectivity index (χ4v) is 2.23. The summed E-state index contributed by atoms with van der Waals surface area (Å²) in [6.45, 7) is 1.76. The van der Waals surface area contributed by atoms with Gasteiger partial charge in [-0.25, -0.2) is 14.6 Å². The van der Waals surface area contributed by atoms with E-state index in [4.69, 9.17) is 15.2 Å². The highest BCUT2D eigenvalue weighted by molar-refractivity contribution is 5.97. The number of hydrogen-bond donors (Lipinski definition) is 1. The van der Waals surface area contributed by atoms with Crippen molar-refractivity contribution < 1.29 is 28.8 Å². The van der Waals surface area contributed by atoms with Gasteiger partial charge in [0.2, 0.25) is 0 Å². The first-order valence-electron chi connectivity index (χ1n) is 8.83. The molecule has 0 radical (unpaired) electrons. The molecule has 0 aliphatic carbocycles. The fourth-order valence-electron chi connectivity index (χ4n) is 2.23. The van der Waals surface area contributed by atoms with Crippen molar-refractivity contribution in [1.82, 2.24) is 4.98 Å². The standard InChI is InChI=1S/C19H20N4O7/c1-13-11-15(23(26)27)12-21-17(13)18(20)22-30-16(24)7-8-28-9-10-29-19(25)14-5-3-2-4-6-14/h2-6,11-12H,7-10H2,1H3,(H2,20,22). The summed E-state index contributed by atoms with van der Waals surface area (Å²) in [6.07, 6.45) is 0.932. The Labute approximate surface area is 171 Å². The van der Waals surface area contributed by atoms with Crippen LogP contribution >= 0.6 is 0 Å². The molecule has 0 aliphatic heterocycles. The van der Waals surface area contributed by atoms with Crippen molar-refractivity contribution in [2.24, 2.45) is 10.9 Å². The van der Waals surface area contributed by atoms with Crippen LogP contribution in [0.2, 0.25) is 0 Å². The smallest absolute Gasteiger partial charge is 0.338 e. The monoisotopic (exact) mass is 416 g/mol. The van der Waals surface area contributed by atoms with Crippen LogP contribution < -0.4 is 5.73 Å². The molecular formula is C19H20N4O7. The molecule has 0 atom stereocenters. The normalized spacial score (nSPS) is 11.0. The van der Waals surface area contributed by atoms with Gasteiger partial charge in [0, 0.05) is 6.07 Å². The van der Waals surface area contributed by atoms with Gasteiger partial charge in [-0.3, -0.25) is 10.1 Å². The molecule has 0 saturated heterocycles. The van der Waals surface area contributed by atoms with Crippen molar-refractivity contribution >= 4 is 23.5 Å². The third-order valence-electron chi connectivity index (χ3n) is 3.68. The minimum Gasteiger partial charge on any atom is -0.460 e.